The topological polar surface area (TPSA) is 40.7 Å². The fourth-order valence-corrected chi connectivity index (χ4v) is 2.78. The van der Waals surface area contributed by atoms with Crippen LogP contribution in [0, 0.1) is 5.92 Å². The molecule has 0 spiro atoms. The van der Waals surface area contributed by atoms with Gasteiger partial charge in [-0.15, -0.1) is 0 Å². The fourth-order valence-electron chi connectivity index (χ4n) is 2.78. The molecule has 1 aromatic heterocycles. The minimum atomic E-state index is 0.174. The minimum Gasteiger partial charge on any atom is -0.341 e. The molecular weight excluding hydrogens is 234 g/mol. The van der Waals surface area contributed by atoms with Crippen molar-refractivity contribution in [3.63, 3.8) is 0 Å². The molecule has 0 amide bonds. The number of imidazole rings is 1. The summed E-state index contributed by atoms with van der Waals surface area (Å²) in [6, 6.07) is 6.97. The van der Waals surface area contributed by atoms with Crippen LogP contribution >= 0.6 is 0 Å². The molecule has 2 N–H and O–H groups in total. The van der Waals surface area contributed by atoms with Gasteiger partial charge in [-0.1, -0.05) is 33.8 Å². The van der Waals surface area contributed by atoms with Gasteiger partial charge in [0.05, 0.1) is 17.1 Å². The van der Waals surface area contributed by atoms with E-state index in [9.17, 15) is 0 Å². The number of nitrogens with zero attached hydrogens (tertiary/aromatic N) is 1. The van der Waals surface area contributed by atoms with Crippen molar-refractivity contribution in [1.29, 1.82) is 0 Å². The first-order valence-corrected chi connectivity index (χ1v) is 7.17. The smallest absolute Gasteiger partial charge is 0.124 e. The van der Waals surface area contributed by atoms with Gasteiger partial charge in [-0.3, -0.25) is 0 Å². The van der Waals surface area contributed by atoms with E-state index in [0.29, 0.717) is 6.04 Å². The highest BCUT2D eigenvalue weighted by atomic mass is 15.0. The standard InChI is InChI=1S/C16H23N3/c1-10-7-14(17-9-10)15-18-12-6-5-11(16(2,3)4)8-13(12)19-15/h5-6,8,10,14,17H,7,9H2,1-4H3,(H,18,19)/t10-,14-/m0/s1. The lowest BCUT2D eigenvalue weighted by Gasteiger charge is -2.18. The summed E-state index contributed by atoms with van der Waals surface area (Å²) in [6.45, 7) is 10.1. The number of hydrogen-bond acceptors (Lipinski definition) is 2. The Bertz CT molecular complexity index is 592. The number of benzene rings is 1. The van der Waals surface area contributed by atoms with Gasteiger partial charge in [-0.05, 0) is 42.0 Å². The van der Waals surface area contributed by atoms with E-state index in [1.54, 1.807) is 0 Å². The Morgan fingerprint density at radius 3 is 2.68 bits per heavy atom. The number of hydrogen-bond donors (Lipinski definition) is 2. The van der Waals surface area contributed by atoms with E-state index in [0.717, 1.165) is 29.3 Å². The lowest BCUT2D eigenvalue weighted by molar-refractivity contribution is 0.588. The molecular formula is C16H23N3. The van der Waals surface area contributed by atoms with Crippen molar-refractivity contribution >= 4 is 11.0 Å². The molecule has 3 heteroatoms. The first-order valence-electron chi connectivity index (χ1n) is 7.17. The van der Waals surface area contributed by atoms with Crippen molar-refractivity contribution in [3.8, 4) is 0 Å². The minimum absolute atomic E-state index is 0.174. The molecule has 0 bridgehead atoms. The second-order valence-corrected chi connectivity index (χ2v) is 6.91. The van der Waals surface area contributed by atoms with Crippen LogP contribution in [0.5, 0.6) is 0 Å². The van der Waals surface area contributed by atoms with Crippen LogP contribution in [0.4, 0.5) is 0 Å². The summed E-state index contributed by atoms with van der Waals surface area (Å²) in [7, 11) is 0. The van der Waals surface area contributed by atoms with Gasteiger partial charge in [0.1, 0.15) is 5.82 Å². The molecule has 3 rings (SSSR count). The molecule has 0 saturated carbocycles. The van der Waals surface area contributed by atoms with Gasteiger partial charge < -0.3 is 10.3 Å². The van der Waals surface area contributed by atoms with E-state index in [4.69, 9.17) is 4.98 Å². The third kappa shape index (κ3) is 2.39. The van der Waals surface area contributed by atoms with E-state index in [-0.39, 0.29) is 5.41 Å². The van der Waals surface area contributed by atoms with Crippen LogP contribution in [0.25, 0.3) is 11.0 Å². The summed E-state index contributed by atoms with van der Waals surface area (Å²) in [6.07, 6.45) is 1.17. The van der Waals surface area contributed by atoms with Gasteiger partial charge >= 0.3 is 0 Å². The van der Waals surface area contributed by atoms with E-state index < -0.39 is 0 Å². The highest BCUT2D eigenvalue weighted by Gasteiger charge is 2.24. The summed E-state index contributed by atoms with van der Waals surface area (Å²) in [4.78, 5) is 8.25. The Labute approximate surface area is 114 Å². The van der Waals surface area contributed by atoms with Crippen LogP contribution in [0.1, 0.15) is 51.5 Å². The van der Waals surface area contributed by atoms with E-state index in [1.165, 1.54) is 12.0 Å². The molecule has 2 heterocycles. The third-order valence-electron chi connectivity index (χ3n) is 4.05. The van der Waals surface area contributed by atoms with Gasteiger partial charge in [0.2, 0.25) is 0 Å². The summed E-state index contributed by atoms with van der Waals surface area (Å²) in [5.74, 6) is 1.83. The zero-order chi connectivity index (χ0) is 13.6. The Morgan fingerprint density at radius 2 is 2.05 bits per heavy atom. The molecule has 1 aliphatic rings. The number of H-pyrrole nitrogens is 1. The summed E-state index contributed by atoms with van der Waals surface area (Å²) >= 11 is 0. The molecule has 2 atom stereocenters. The van der Waals surface area contributed by atoms with Crippen LogP contribution in [-0.2, 0) is 5.41 Å². The van der Waals surface area contributed by atoms with Crippen molar-refractivity contribution in [1.82, 2.24) is 15.3 Å². The van der Waals surface area contributed by atoms with Crippen LogP contribution in [0.2, 0.25) is 0 Å². The maximum atomic E-state index is 4.79. The van der Waals surface area contributed by atoms with Crippen LogP contribution in [0.15, 0.2) is 18.2 Å². The lowest BCUT2D eigenvalue weighted by atomic mass is 9.87. The zero-order valence-electron chi connectivity index (χ0n) is 12.2. The van der Waals surface area contributed by atoms with Crippen molar-refractivity contribution in [2.24, 2.45) is 5.92 Å². The van der Waals surface area contributed by atoms with Gasteiger partial charge in [0, 0.05) is 0 Å². The number of rotatable bonds is 1. The van der Waals surface area contributed by atoms with Crippen LogP contribution < -0.4 is 5.32 Å². The molecule has 0 unspecified atom stereocenters. The fraction of sp³-hybridized carbons (Fsp3) is 0.562. The average molecular weight is 257 g/mol. The number of nitrogens with one attached hydrogen (secondary N) is 2. The Balaban J connectivity index is 1.97. The van der Waals surface area contributed by atoms with Crippen LogP contribution in [0.3, 0.4) is 0 Å². The SMILES string of the molecule is C[C@@H]1CN[C@H](c2nc3cc(C(C)(C)C)ccc3[nH]2)C1. The molecule has 1 saturated heterocycles. The number of aromatic nitrogens is 2. The maximum absolute atomic E-state index is 4.79. The average Bonchev–Trinajstić information content (AvgIpc) is 2.92. The van der Waals surface area contributed by atoms with E-state index in [1.807, 2.05) is 0 Å². The van der Waals surface area contributed by atoms with Gasteiger partial charge in [-0.2, -0.15) is 0 Å². The molecule has 2 aromatic rings. The Kier molecular flexibility index (Phi) is 2.90. The summed E-state index contributed by atoms with van der Waals surface area (Å²) in [5.41, 5.74) is 3.74. The highest BCUT2D eigenvalue weighted by molar-refractivity contribution is 5.76. The second-order valence-electron chi connectivity index (χ2n) is 6.91. The predicted molar refractivity (Wildman–Crippen MR) is 79.3 cm³/mol. The first kappa shape index (κ1) is 12.7. The molecule has 1 aliphatic heterocycles. The quantitative estimate of drug-likeness (QED) is 0.820. The van der Waals surface area contributed by atoms with E-state index >= 15 is 0 Å². The Morgan fingerprint density at radius 1 is 1.26 bits per heavy atom. The van der Waals surface area contributed by atoms with Gasteiger partial charge in [0.25, 0.3) is 0 Å². The van der Waals surface area contributed by atoms with Gasteiger partial charge in [-0.25, -0.2) is 4.98 Å². The maximum Gasteiger partial charge on any atom is 0.124 e. The highest BCUT2D eigenvalue weighted by Crippen LogP contribution is 2.29. The molecule has 0 radical (unpaired) electrons. The second kappa shape index (κ2) is 4.34. The molecule has 1 aromatic carbocycles. The van der Waals surface area contributed by atoms with Crippen molar-refractivity contribution in [2.75, 3.05) is 6.54 Å². The molecule has 1 fully saturated rings. The van der Waals surface area contributed by atoms with Crippen molar-refractivity contribution < 1.29 is 0 Å². The molecule has 19 heavy (non-hydrogen) atoms. The monoisotopic (exact) mass is 257 g/mol. The predicted octanol–water partition coefficient (Wildman–Crippen LogP) is 3.53. The first-order chi connectivity index (χ1) is 8.93. The van der Waals surface area contributed by atoms with Crippen LogP contribution in [-0.4, -0.2) is 16.5 Å². The number of aromatic amines is 1. The Hall–Kier alpha value is -1.35. The molecule has 102 valence electrons. The largest absolute Gasteiger partial charge is 0.341 e. The van der Waals surface area contributed by atoms with Crippen molar-refractivity contribution in [2.45, 2.75) is 45.6 Å². The molecule has 3 nitrogen and oxygen atoms in total. The van der Waals surface area contributed by atoms with E-state index in [2.05, 4.69) is 56.2 Å². The summed E-state index contributed by atoms with van der Waals surface area (Å²) in [5, 5.41) is 3.53. The third-order valence-corrected chi connectivity index (χ3v) is 4.05. The molecule has 0 aliphatic carbocycles. The summed E-state index contributed by atoms with van der Waals surface area (Å²) < 4.78 is 0. The zero-order valence-corrected chi connectivity index (χ0v) is 12.2. The number of fused-ring (bicyclic) bond motifs is 1. The van der Waals surface area contributed by atoms with Gasteiger partial charge in [0.15, 0.2) is 0 Å². The normalized spacial score (nSPS) is 24.2. The van der Waals surface area contributed by atoms with Crippen molar-refractivity contribution in [3.05, 3.63) is 29.6 Å². The lowest BCUT2D eigenvalue weighted by Crippen LogP contribution is -2.14.